The molecule has 0 aliphatic rings. The SMILES string of the molecule is C=C(C)S(=O)(=O)OCCOS(=O)(=O)c1c(F)c(F)c(N=[N+]=[N-])c(F)c1F. The molecular weight excluding hydrogens is 410 g/mol. The van der Waals surface area contributed by atoms with Gasteiger partial charge in [0.15, 0.2) is 28.2 Å². The average molecular weight is 419 g/mol. The van der Waals surface area contributed by atoms with Crippen LogP contribution in [0.25, 0.3) is 10.4 Å². The van der Waals surface area contributed by atoms with Gasteiger partial charge in [0.2, 0.25) is 0 Å². The summed E-state index contributed by atoms with van der Waals surface area (Å²) in [6.45, 7) is 2.19. The molecule has 0 N–H and O–H groups in total. The molecule has 15 heteroatoms. The lowest BCUT2D eigenvalue weighted by Gasteiger charge is -2.10. The van der Waals surface area contributed by atoms with E-state index in [2.05, 4.69) is 20.1 Å². The lowest BCUT2D eigenvalue weighted by molar-refractivity contribution is 0.224. The minimum Gasteiger partial charge on any atom is -0.264 e. The number of halogens is 4. The molecule has 0 aromatic heterocycles. The van der Waals surface area contributed by atoms with Gasteiger partial charge >= 0.3 is 10.1 Å². The van der Waals surface area contributed by atoms with E-state index in [4.69, 9.17) is 5.53 Å². The molecule has 1 aromatic rings. The number of rotatable bonds is 8. The molecule has 144 valence electrons. The van der Waals surface area contributed by atoms with E-state index in [1.54, 1.807) is 0 Å². The molecule has 1 rings (SSSR count). The van der Waals surface area contributed by atoms with E-state index in [0.717, 1.165) is 6.92 Å². The van der Waals surface area contributed by atoms with Gasteiger partial charge in [0, 0.05) is 4.91 Å². The van der Waals surface area contributed by atoms with Crippen molar-refractivity contribution < 1.29 is 42.8 Å². The molecule has 1 aromatic carbocycles. The van der Waals surface area contributed by atoms with Gasteiger partial charge in [-0.05, 0) is 12.5 Å². The Morgan fingerprint density at radius 3 is 1.92 bits per heavy atom. The van der Waals surface area contributed by atoms with Crippen LogP contribution in [0.1, 0.15) is 6.92 Å². The fraction of sp³-hybridized carbons (Fsp3) is 0.273. The summed E-state index contributed by atoms with van der Waals surface area (Å²) in [6.07, 6.45) is 0. The molecule has 0 amide bonds. The van der Waals surface area contributed by atoms with Gasteiger partial charge < -0.3 is 0 Å². The summed E-state index contributed by atoms with van der Waals surface area (Å²) in [6, 6.07) is 0. The summed E-state index contributed by atoms with van der Waals surface area (Å²) in [5.74, 6) is -9.29. The molecule has 26 heavy (non-hydrogen) atoms. The van der Waals surface area contributed by atoms with Crippen molar-refractivity contribution in [2.75, 3.05) is 13.2 Å². The van der Waals surface area contributed by atoms with Crippen LogP contribution in [-0.4, -0.2) is 30.0 Å². The number of azide groups is 1. The van der Waals surface area contributed by atoms with Gasteiger partial charge in [-0.1, -0.05) is 11.7 Å². The first kappa shape index (κ1) is 21.9. The summed E-state index contributed by atoms with van der Waals surface area (Å²) < 4.78 is 109. The summed E-state index contributed by atoms with van der Waals surface area (Å²) in [5, 5.41) is 2.39. The molecule has 0 unspecified atom stereocenters. The quantitative estimate of drug-likeness (QED) is 0.121. The highest BCUT2D eigenvalue weighted by Gasteiger charge is 2.33. The Hall–Kier alpha value is -2.19. The van der Waals surface area contributed by atoms with E-state index in [1.165, 1.54) is 0 Å². The van der Waals surface area contributed by atoms with Crippen molar-refractivity contribution in [2.24, 2.45) is 5.11 Å². The van der Waals surface area contributed by atoms with E-state index in [1.807, 2.05) is 4.91 Å². The molecule has 0 aliphatic heterocycles. The fourth-order valence-electron chi connectivity index (χ4n) is 1.40. The monoisotopic (exact) mass is 419 g/mol. The van der Waals surface area contributed by atoms with Crippen LogP contribution in [0, 0.1) is 23.3 Å². The highest BCUT2D eigenvalue weighted by molar-refractivity contribution is 7.90. The summed E-state index contributed by atoms with van der Waals surface area (Å²) in [4.78, 5) is -0.576. The lowest BCUT2D eigenvalue weighted by Crippen LogP contribution is -2.18. The fourth-order valence-corrected chi connectivity index (χ4v) is 2.91. The Bertz CT molecular complexity index is 974. The van der Waals surface area contributed by atoms with Crippen molar-refractivity contribution in [1.82, 2.24) is 0 Å². The Morgan fingerprint density at radius 1 is 1.04 bits per heavy atom. The number of nitrogens with zero attached hydrogens (tertiary/aromatic N) is 3. The van der Waals surface area contributed by atoms with Crippen LogP contribution in [0.15, 0.2) is 21.5 Å². The van der Waals surface area contributed by atoms with Crippen LogP contribution in [0.5, 0.6) is 0 Å². The van der Waals surface area contributed by atoms with Crippen LogP contribution in [0.3, 0.4) is 0 Å². The van der Waals surface area contributed by atoms with Gasteiger partial charge in [-0.15, -0.1) is 0 Å². The Labute approximate surface area is 144 Å². The van der Waals surface area contributed by atoms with E-state index >= 15 is 0 Å². The van der Waals surface area contributed by atoms with Gasteiger partial charge in [-0.3, -0.25) is 8.37 Å². The zero-order valence-electron chi connectivity index (χ0n) is 12.7. The Balaban J connectivity index is 3.15. The molecule has 0 heterocycles. The first-order chi connectivity index (χ1) is 11.9. The van der Waals surface area contributed by atoms with E-state index < -0.39 is 72.2 Å². The van der Waals surface area contributed by atoms with Gasteiger partial charge in [-0.2, -0.15) is 16.8 Å². The average Bonchev–Trinajstić information content (AvgIpc) is 2.53. The summed E-state index contributed by atoms with van der Waals surface area (Å²) >= 11 is 0. The number of hydrogen-bond donors (Lipinski definition) is 0. The molecular formula is C11H9F4N3O6S2. The van der Waals surface area contributed by atoms with E-state index in [9.17, 15) is 34.4 Å². The molecule has 0 spiro atoms. The maximum atomic E-state index is 13.8. The van der Waals surface area contributed by atoms with Crippen LogP contribution >= 0.6 is 0 Å². The minimum atomic E-state index is -5.40. The highest BCUT2D eigenvalue weighted by Crippen LogP contribution is 2.33. The predicted octanol–water partition coefficient (Wildman–Crippen LogP) is 2.77. The Morgan fingerprint density at radius 2 is 1.50 bits per heavy atom. The van der Waals surface area contributed by atoms with E-state index in [-0.39, 0.29) is 0 Å². The molecule has 9 nitrogen and oxygen atoms in total. The highest BCUT2D eigenvalue weighted by atomic mass is 32.2. The smallest absolute Gasteiger partial charge is 0.264 e. The van der Waals surface area contributed by atoms with Crippen LogP contribution in [-0.2, 0) is 28.6 Å². The molecule has 0 atom stereocenters. The number of benzene rings is 1. The molecule has 0 fully saturated rings. The third-order valence-electron chi connectivity index (χ3n) is 2.58. The van der Waals surface area contributed by atoms with Crippen LogP contribution in [0.4, 0.5) is 23.2 Å². The third kappa shape index (κ3) is 4.50. The van der Waals surface area contributed by atoms with Crippen molar-refractivity contribution in [2.45, 2.75) is 11.8 Å². The molecule has 0 radical (unpaired) electrons. The predicted molar refractivity (Wildman–Crippen MR) is 77.9 cm³/mol. The van der Waals surface area contributed by atoms with Crippen molar-refractivity contribution in [3.63, 3.8) is 0 Å². The summed E-state index contributed by atoms with van der Waals surface area (Å²) in [7, 11) is -9.60. The molecule has 0 aliphatic carbocycles. The van der Waals surface area contributed by atoms with Gasteiger partial charge in [0.25, 0.3) is 10.1 Å². The molecule has 0 saturated heterocycles. The van der Waals surface area contributed by atoms with Crippen LogP contribution in [0.2, 0.25) is 0 Å². The second kappa shape index (κ2) is 8.01. The lowest BCUT2D eigenvalue weighted by atomic mass is 10.2. The Kier molecular flexibility index (Phi) is 6.73. The normalized spacial score (nSPS) is 11.9. The van der Waals surface area contributed by atoms with Crippen molar-refractivity contribution in [3.8, 4) is 0 Å². The van der Waals surface area contributed by atoms with Crippen molar-refractivity contribution in [1.29, 1.82) is 0 Å². The van der Waals surface area contributed by atoms with Crippen LogP contribution < -0.4 is 0 Å². The maximum absolute atomic E-state index is 13.8. The second-order valence-electron chi connectivity index (χ2n) is 4.38. The first-order valence-corrected chi connectivity index (χ1v) is 9.04. The van der Waals surface area contributed by atoms with E-state index in [0.29, 0.717) is 0 Å². The topological polar surface area (TPSA) is 136 Å². The number of allylic oxidation sites excluding steroid dienone is 1. The molecule has 0 saturated carbocycles. The van der Waals surface area contributed by atoms with Crippen molar-refractivity contribution >= 4 is 25.9 Å². The van der Waals surface area contributed by atoms with Gasteiger partial charge in [0.05, 0.1) is 18.1 Å². The molecule has 0 bridgehead atoms. The zero-order valence-corrected chi connectivity index (χ0v) is 14.4. The number of hydrogen-bond acceptors (Lipinski definition) is 7. The third-order valence-corrected chi connectivity index (χ3v) is 5.25. The second-order valence-corrected chi connectivity index (χ2v) is 7.77. The van der Waals surface area contributed by atoms with Gasteiger partial charge in [-0.25, -0.2) is 17.6 Å². The first-order valence-electron chi connectivity index (χ1n) is 6.22. The maximum Gasteiger partial charge on any atom is 0.303 e. The van der Waals surface area contributed by atoms with Crippen molar-refractivity contribution in [3.05, 3.63) is 45.2 Å². The minimum absolute atomic E-state index is 0.407. The summed E-state index contributed by atoms with van der Waals surface area (Å²) in [5.41, 5.74) is 6.38. The largest absolute Gasteiger partial charge is 0.303 e. The zero-order chi connectivity index (χ0) is 20.3. The van der Waals surface area contributed by atoms with Gasteiger partial charge in [0.1, 0.15) is 5.69 Å². The standard InChI is InChI=1S/C11H9F4N3O6S2/c1-5(2)25(19,20)23-3-4-24-26(21,22)11-8(14)6(12)10(17-18-16)7(13)9(11)15/h1,3-4H2,2H3.